The first-order chi connectivity index (χ1) is 17.1. The van der Waals surface area contributed by atoms with Crippen molar-refractivity contribution in [3.8, 4) is 11.5 Å². The predicted octanol–water partition coefficient (Wildman–Crippen LogP) is 6.17. The summed E-state index contributed by atoms with van der Waals surface area (Å²) in [5, 5.41) is 0. The lowest BCUT2D eigenvalue weighted by Crippen LogP contribution is -2.04. The molecule has 0 amide bonds. The fourth-order valence-electron chi connectivity index (χ4n) is 3.15. The van der Waals surface area contributed by atoms with Gasteiger partial charge >= 0.3 is 5.97 Å². The highest BCUT2D eigenvalue weighted by molar-refractivity contribution is 5.89. The Balaban J connectivity index is 1.63. The summed E-state index contributed by atoms with van der Waals surface area (Å²) < 4.78 is 26.1. The summed E-state index contributed by atoms with van der Waals surface area (Å²) in [6, 6.07) is 21.2. The van der Waals surface area contributed by atoms with Gasteiger partial charge in [0.1, 0.15) is 0 Å². The SMILES string of the molecule is CCOC(=O)c1ccc(/C=C/c2ccc(/C=C/c3ccc(OCOC)c(OCOC)c3)cc2)cc1. The van der Waals surface area contributed by atoms with Crippen LogP contribution in [0.3, 0.4) is 0 Å². The maximum absolute atomic E-state index is 11.8. The summed E-state index contributed by atoms with van der Waals surface area (Å²) in [7, 11) is 3.14. The Hall–Kier alpha value is -3.87. The lowest BCUT2D eigenvalue weighted by Gasteiger charge is -2.12. The fraction of sp³-hybridized carbons (Fsp3) is 0.207. The molecular weight excluding hydrogens is 444 g/mol. The summed E-state index contributed by atoms with van der Waals surface area (Å²) in [6.07, 6.45) is 8.09. The quantitative estimate of drug-likeness (QED) is 0.178. The average Bonchev–Trinajstić information content (AvgIpc) is 2.89. The largest absolute Gasteiger partial charge is 0.464 e. The lowest BCUT2D eigenvalue weighted by molar-refractivity contribution is 0.0322. The summed E-state index contributed by atoms with van der Waals surface area (Å²) in [6.45, 7) is 2.42. The van der Waals surface area contributed by atoms with Crippen LogP contribution in [0.5, 0.6) is 11.5 Å². The van der Waals surface area contributed by atoms with E-state index in [1.54, 1.807) is 33.3 Å². The Labute approximate surface area is 206 Å². The zero-order chi connectivity index (χ0) is 24.9. The molecule has 0 N–H and O–H groups in total. The number of carbonyl (C=O) groups is 1. The van der Waals surface area contributed by atoms with Crippen molar-refractivity contribution in [2.45, 2.75) is 6.92 Å². The molecule has 35 heavy (non-hydrogen) atoms. The van der Waals surface area contributed by atoms with Crippen molar-refractivity contribution in [3.63, 3.8) is 0 Å². The van der Waals surface area contributed by atoms with E-state index in [0.717, 1.165) is 22.3 Å². The van der Waals surface area contributed by atoms with E-state index in [9.17, 15) is 4.79 Å². The lowest BCUT2D eigenvalue weighted by atomic mass is 10.1. The normalized spacial score (nSPS) is 11.2. The first-order valence-electron chi connectivity index (χ1n) is 11.2. The number of hydrogen-bond donors (Lipinski definition) is 0. The smallest absolute Gasteiger partial charge is 0.338 e. The van der Waals surface area contributed by atoms with Gasteiger partial charge in [-0.3, -0.25) is 0 Å². The molecule has 182 valence electrons. The van der Waals surface area contributed by atoms with Crippen LogP contribution in [-0.4, -0.2) is 40.4 Å². The molecule has 0 bridgehead atoms. The Bertz CT molecular complexity index is 1130. The van der Waals surface area contributed by atoms with E-state index in [2.05, 4.69) is 24.3 Å². The molecule has 6 nitrogen and oxygen atoms in total. The minimum absolute atomic E-state index is 0.126. The average molecular weight is 475 g/mol. The van der Waals surface area contributed by atoms with Gasteiger partial charge in [0.15, 0.2) is 25.1 Å². The topological polar surface area (TPSA) is 63.2 Å². The van der Waals surface area contributed by atoms with Gasteiger partial charge in [-0.15, -0.1) is 0 Å². The maximum atomic E-state index is 11.8. The molecule has 0 fully saturated rings. The van der Waals surface area contributed by atoms with Crippen LogP contribution in [0.2, 0.25) is 0 Å². The van der Waals surface area contributed by atoms with Crippen molar-refractivity contribution < 1.29 is 28.5 Å². The first-order valence-corrected chi connectivity index (χ1v) is 11.2. The fourth-order valence-corrected chi connectivity index (χ4v) is 3.15. The summed E-state index contributed by atoms with van der Waals surface area (Å²) in [4.78, 5) is 11.8. The maximum Gasteiger partial charge on any atom is 0.338 e. The van der Waals surface area contributed by atoms with Gasteiger partial charge in [-0.05, 0) is 53.4 Å². The Morgan fingerprint density at radius 2 is 1.11 bits per heavy atom. The number of ether oxygens (including phenoxy) is 5. The van der Waals surface area contributed by atoms with Crippen molar-refractivity contribution >= 4 is 30.3 Å². The van der Waals surface area contributed by atoms with E-state index in [1.807, 2.05) is 54.6 Å². The molecule has 3 aromatic rings. The van der Waals surface area contributed by atoms with Crippen LogP contribution >= 0.6 is 0 Å². The highest BCUT2D eigenvalue weighted by atomic mass is 16.7. The van der Waals surface area contributed by atoms with Crippen molar-refractivity contribution in [1.29, 1.82) is 0 Å². The molecule has 0 aromatic heterocycles. The van der Waals surface area contributed by atoms with E-state index in [1.165, 1.54) is 0 Å². The monoisotopic (exact) mass is 474 g/mol. The minimum atomic E-state index is -0.305. The van der Waals surface area contributed by atoms with Crippen LogP contribution < -0.4 is 9.47 Å². The van der Waals surface area contributed by atoms with Gasteiger partial charge in [-0.25, -0.2) is 4.79 Å². The third-order valence-electron chi connectivity index (χ3n) is 4.93. The molecule has 0 spiro atoms. The van der Waals surface area contributed by atoms with Crippen LogP contribution in [0.15, 0.2) is 66.7 Å². The summed E-state index contributed by atoms with van der Waals surface area (Å²) in [5.41, 5.74) is 4.67. The van der Waals surface area contributed by atoms with Gasteiger partial charge in [-0.1, -0.05) is 66.8 Å². The van der Waals surface area contributed by atoms with Crippen LogP contribution in [0, 0.1) is 0 Å². The highest BCUT2D eigenvalue weighted by Crippen LogP contribution is 2.29. The van der Waals surface area contributed by atoms with E-state index < -0.39 is 0 Å². The van der Waals surface area contributed by atoms with Gasteiger partial charge in [0.25, 0.3) is 0 Å². The van der Waals surface area contributed by atoms with Crippen molar-refractivity contribution in [1.82, 2.24) is 0 Å². The summed E-state index contributed by atoms with van der Waals surface area (Å²) in [5.74, 6) is 0.871. The van der Waals surface area contributed by atoms with Gasteiger partial charge < -0.3 is 23.7 Å². The highest BCUT2D eigenvalue weighted by Gasteiger charge is 2.06. The zero-order valence-corrected chi connectivity index (χ0v) is 20.2. The Morgan fingerprint density at radius 1 is 0.657 bits per heavy atom. The van der Waals surface area contributed by atoms with E-state index >= 15 is 0 Å². The van der Waals surface area contributed by atoms with Gasteiger partial charge in [0.2, 0.25) is 0 Å². The number of rotatable bonds is 12. The van der Waals surface area contributed by atoms with Crippen LogP contribution in [0.1, 0.15) is 39.5 Å². The molecule has 0 saturated heterocycles. The molecular formula is C29H30O6. The number of methoxy groups -OCH3 is 2. The zero-order valence-electron chi connectivity index (χ0n) is 20.2. The summed E-state index contributed by atoms with van der Waals surface area (Å²) >= 11 is 0. The second kappa shape index (κ2) is 13.7. The molecule has 0 unspecified atom stereocenters. The van der Waals surface area contributed by atoms with Crippen molar-refractivity contribution in [2.75, 3.05) is 34.4 Å². The third-order valence-corrected chi connectivity index (χ3v) is 4.93. The van der Waals surface area contributed by atoms with Gasteiger partial charge in [-0.2, -0.15) is 0 Å². The molecule has 0 heterocycles. The number of esters is 1. The van der Waals surface area contributed by atoms with Crippen LogP contribution in [0.4, 0.5) is 0 Å². The number of hydrogen-bond acceptors (Lipinski definition) is 6. The third kappa shape index (κ3) is 8.14. The Morgan fingerprint density at radius 3 is 1.63 bits per heavy atom. The second-order valence-electron chi connectivity index (χ2n) is 7.48. The molecule has 0 saturated carbocycles. The predicted molar refractivity (Wildman–Crippen MR) is 138 cm³/mol. The van der Waals surface area contributed by atoms with Gasteiger partial charge in [0, 0.05) is 14.2 Å². The number of benzene rings is 3. The van der Waals surface area contributed by atoms with Gasteiger partial charge in [0.05, 0.1) is 12.2 Å². The van der Waals surface area contributed by atoms with E-state index in [0.29, 0.717) is 23.7 Å². The molecule has 0 atom stereocenters. The number of carbonyl (C=O) groups excluding carboxylic acids is 1. The second-order valence-corrected chi connectivity index (χ2v) is 7.48. The molecule has 0 aliphatic carbocycles. The Kier molecular flexibility index (Phi) is 10.1. The van der Waals surface area contributed by atoms with E-state index in [-0.39, 0.29) is 19.6 Å². The molecule has 0 aliphatic heterocycles. The first kappa shape index (κ1) is 25.7. The van der Waals surface area contributed by atoms with Crippen LogP contribution in [0.25, 0.3) is 24.3 Å². The standard InChI is InChI=1S/C29H30O6/c1-4-33-29(30)26-16-13-24(14-17-26)10-9-22-5-7-23(8-6-22)11-12-25-15-18-27(34-20-31-2)28(19-25)35-21-32-3/h5-19H,4,20-21H2,1-3H3/b10-9+,12-11+. The van der Waals surface area contributed by atoms with Crippen molar-refractivity contribution in [2.24, 2.45) is 0 Å². The molecule has 0 aliphatic rings. The van der Waals surface area contributed by atoms with Crippen LogP contribution in [-0.2, 0) is 14.2 Å². The van der Waals surface area contributed by atoms with E-state index in [4.69, 9.17) is 23.7 Å². The minimum Gasteiger partial charge on any atom is -0.464 e. The molecule has 0 radical (unpaired) electrons. The van der Waals surface area contributed by atoms with Crippen molar-refractivity contribution in [3.05, 3.63) is 94.5 Å². The molecule has 6 heteroatoms. The molecule has 3 rings (SSSR count). The molecule has 3 aromatic carbocycles.